The summed E-state index contributed by atoms with van der Waals surface area (Å²) in [6, 6.07) is -1.41. The Morgan fingerprint density at radius 2 is 1.33 bits per heavy atom. The van der Waals surface area contributed by atoms with E-state index in [0.717, 1.165) is 6.42 Å². The van der Waals surface area contributed by atoms with Gasteiger partial charge in [-0.2, -0.15) is 0 Å². The van der Waals surface area contributed by atoms with Gasteiger partial charge in [0.2, 0.25) is 5.91 Å². The van der Waals surface area contributed by atoms with Crippen molar-refractivity contribution in [3.8, 4) is 0 Å². The van der Waals surface area contributed by atoms with E-state index < -0.39 is 36.9 Å². The van der Waals surface area contributed by atoms with Gasteiger partial charge >= 0.3 is 0 Å². The molecule has 0 saturated heterocycles. The smallest absolute Gasteiger partial charge is 0.244 e. The van der Waals surface area contributed by atoms with Crippen LogP contribution in [-0.2, 0) is 9.59 Å². The molecule has 0 radical (unpaired) electrons. The van der Waals surface area contributed by atoms with E-state index in [0.29, 0.717) is 0 Å². The van der Waals surface area contributed by atoms with Crippen molar-refractivity contribution >= 4 is 12.2 Å². The normalized spacial score (nSPS) is 15.8. The predicted molar refractivity (Wildman–Crippen MR) is 132 cm³/mol. The maximum Gasteiger partial charge on any atom is 0.244 e. The van der Waals surface area contributed by atoms with E-state index in [2.05, 4.69) is 18.3 Å². The first-order chi connectivity index (χ1) is 16.0. The Bertz CT molecular complexity index is 575. The van der Waals surface area contributed by atoms with Crippen molar-refractivity contribution in [3.05, 3.63) is 36.5 Å². The van der Waals surface area contributed by atoms with Gasteiger partial charge in [0.05, 0.1) is 6.61 Å². The molecule has 7 heteroatoms. The summed E-state index contributed by atoms with van der Waals surface area (Å²) < 4.78 is 0. The standard InChI is InChI=1S/C26H45NO6/c1-2-3-4-5-6-7-8-9-10-11-12-13-14-15-16-17-18-19-24(31)27-22(20-28)25(32)26(33)23(30)21-29/h14-20,22-23,25-26,29-30,32-33H,2-13,21H2,1H3,(H,27,31)/t22-,23+,25+,26+/m0/s1. The summed E-state index contributed by atoms with van der Waals surface area (Å²) in [5.74, 6) is -0.633. The molecular formula is C26H45NO6. The van der Waals surface area contributed by atoms with Crippen molar-refractivity contribution in [3.63, 3.8) is 0 Å². The number of aldehydes is 1. The van der Waals surface area contributed by atoms with E-state index in [1.165, 1.54) is 82.8 Å². The fourth-order valence-corrected chi connectivity index (χ4v) is 3.33. The molecule has 0 fully saturated rings. The minimum absolute atomic E-state index is 0.261. The molecule has 0 heterocycles. The molecule has 0 aromatic heterocycles. The molecule has 7 nitrogen and oxygen atoms in total. The Hall–Kier alpha value is -1.80. The largest absolute Gasteiger partial charge is 0.394 e. The van der Waals surface area contributed by atoms with Gasteiger partial charge in [-0.25, -0.2) is 0 Å². The number of unbranched alkanes of at least 4 members (excludes halogenated alkanes) is 11. The van der Waals surface area contributed by atoms with Crippen LogP contribution in [0, 0.1) is 0 Å². The summed E-state index contributed by atoms with van der Waals surface area (Å²) in [4.78, 5) is 22.9. The van der Waals surface area contributed by atoms with E-state index in [1.807, 2.05) is 6.08 Å². The summed E-state index contributed by atoms with van der Waals surface area (Å²) in [6.07, 6.45) is 20.9. The van der Waals surface area contributed by atoms with Gasteiger partial charge < -0.3 is 30.5 Å². The van der Waals surface area contributed by atoms with Gasteiger partial charge in [-0.3, -0.25) is 4.79 Å². The van der Waals surface area contributed by atoms with Crippen LogP contribution in [0.5, 0.6) is 0 Å². The van der Waals surface area contributed by atoms with Crippen LogP contribution < -0.4 is 5.32 Å². The van der Waals surface area contributed by atoms with Gasteiger partial charge in [-0.1, -0.05) is 102 Å². The zero-order valence-electron chi connectivity index (χ0n) is 20.1. The number of hydrogen-bond donors (Lipinski definition) is 5. The molecule has 1 amide bonds. The molecule has 5 N–H and O–H groups in total. The summed E-state index contributed by atoms with van der Waals surface area (Å²) in [5, 5.41) is 39.8. The number of aliphatic hydroxyl groups excluding tert-OH is 4. The van der Waals surface area contributed by atoms with Crippen LogP contribution >= 0.6 is 0 Å². The molecule has 0 saturated carbocycles. The van der Waals surface area contributed by atoms with Crippen molar-refractivity contribution in [2.75, 3.05) is 6.61 Å². The number of aliphatic hydroxyl groups is 4. The fraction of sp³-hybridized carbons (Fsp3) is 0.692. The van der Waals surface area contributed by atoms with Crippen LogP contribution in [0.2, 0.25) is 0 Å². The van der Waals surface area contributed by atoms with Gasteiger partial charge in [0, 0.05) is 6.08 Å². The molecule has 4 atom stereocenters. The van der Waals surface area contributed by atoms with Gasteiger partial charge in [-0.15, -0.1) is 0 Å². The van der Waals surface area contributed by atoms with Crippen molar-refractivity contribution in [1.29, 1.82) is 0 Å². The Morgan fingerprint density at radius 1 is 0.788 bits per heavy atom. The monoisotopic (exact) mass is 467 g/mol. The molecule has 0 spiro atoms. The van der Waals surface area contributed by atoms with Crippen molar-refractivity contribution in [2.45, 2.75) is 108 Å². The third kappa shape index (κ3) is 17.4. The SMILES string of the molecule is CCCCCCCCCCCCCC=CC=CC=CC(=O)N[C@@H](C=O)[C@@H](O)[C@H](O)[C@H](O)CO. The minimum Gasteiger partial charge on any atom is -0.394 e. The van der Waals surface area contributed by atoms with Gasteiger partial charge in [-0.05, 0) is 12.8 Å². The summed E-state index contributed by atoms with van der Waals surface area (Å²) in [5.41, 5.74) is 0. The number of carbonyl (C=O) groups excluding carboxylic acids is 2. The first-order valence-corrected chi connectivity index (χ1v) is 12.4. The molecule has 190 valence electrons. The van der Waals surface area contributed by atoms with Crippen LogP contribution in [0.4, 0.5) is 0 Å². The van der Waals surface area contributed by atoms with E-state index >= 15 is 0 Å². The summed E-state index contributed by atoms with van der Waals surface area (Å²) >= 11 is 0. The average molecular weight is 468 g/mol. The maximum atomic E-state index is 11.8. The quantitative estimate of drug-likeness (QED) is 0.0764. The van der Waals surface area contributed by atoms with Crippen LogP contribution in [0.25, 0.3) is 0 Å². The van der Waals surface area contributed by atoms with Crippen LogP contribution in [0.1, 0.15) is 84.0 Å². The molecule has 0 bridgehead atoms. The number of carbonyl (C=O) groups is 2. The molecule has 0 aliphatic rings. The highest BCUT2D eigenvalue weighted by Gasteiger charge is 2.31. The number of allylic oxidation sites excluding steroid dienone is 5. The van der Waals surface area contributed by atoms with Crippen LogP contribution in [0.15, 0.2) is 36.5 Å². The van der Waals surface area contributed by atoms with Gasteiger partial charge in [0.25, 0.3) is 0 Å². The average Bonchev–Trinajstić information content (AvgIpc) is 2.82. The number of nitrogens with one attached hydrogen (secondary N) is 1. The highest BCUT2D eigenvalue weighted by Crippen LogP contribution is 2.12. The lowest BCUT2D eigenvalue weighted by Crippen LogP contribution is -2.53. The summed E-state index contributed by atoms with van der Waals surface area (Å²) in [6.45, 7) is 1.46. The van der Waals surface area contributed by atoms with Gasteiger partial charge in [0.15, 0.2) is 0 Å². The Balaban J connectivity index is 3.89. The topological polar surface area (TPSA) is 127 Å². The second-order valence-corrected chi connectivity index (χ2v) is 8.40. The molecule has 0 aromatic rings. The predicted octanol–water partition coefficient (Wildman–Crippen LogP) is 3.11. The maximum absolute atomic E-state index is 11.8. The highest BCUT2D eigenvalue weighted by molar-refractivity contribution is 5.89. The Morgan fingerprint density at radius 3 is 1.88 bits per heavy atom. The van der Waals surface area contributed by atoms with E-state index in [-0.39, 0.29) is 6.29 Å². The second kappa shape index (κ2) is 22.0. The lowest BCUT2D eigenvalue weighted by atomic mass is 10.0. The van der Waals surface area contributed by atoms with Crippen LogP contribution in [-0.4, -0.2) is 63.6 Å². The highest BCUT2D eigenvalue weighted by atomic mass is 16.4. The van der Waals surface area contributed by atoms with Crippen molar-refractivity contribution in [2.24, 2.45) is 0 Å². The molecular weight excluding hydrogens is 422 g/mol. The number of amides is 1. The fourth-order valence-electron chi connectivity index (χ4n) is 3.33. The van der Waals surface area contributed by atoms with E-state index in [9.17, 15) is 24.9 Å². The molecule has 33 heavy (non-hydrogen) atoms. The first kappa shape index (κ1) is 31.2. The number of hydrogen-bond acceptors (Lipinski definition) is 6. The van der Waals surface area contributed by atoms with Gasteiger partial charge in [0.1, 0.15) is 30.6 Å². The third-order valence-corrected chi connectivity index (χ3v) is 5.45. The zero-order valence-corrected chi connectivity index (χ0v) is 20.1. The van der Waals surface area contributed by atoms with Crippen LogP contribution in [0.3, 0.4) is 0 Å². The second-order valence-electron chi connectivity index (χ2n) is 8.40. The first-order valence-electron chi connectivity index (χ1n) is 12.4. The number of rotatable bonds is 21. The van der Waals surface area contributed by atoms with Crippen molar-refractivity contribution < 1.29 is 30.0 Å². The van der Waals surface area contributed by atoms with E-state index in [4.69, 9.17) is 5.11 Å². The minimum atomic E-state index is -1.76. The molecule has 0 aliphatic carbocycles. The van der Waals surface area contributed by atoms with E-state index in [1.54, 1.807) is 12.2 Å². The third-order valence-electron chi connectivity index (χ3n) is 5.45. The lowest BCUT2D eigenvalue weighted by Gasteiger charge is -2.25. The summed E-state index contributed by atoms with van der Waals surface area (Å²) in [7, 11) is 0. The lowest BCUT2D eigenvalue weighted by molar-refractivity contribution is -0.128. The molecule has 0 aliphatic heterocycles. The Labute approximate surface area is 199 Å². The molecule has 0 rings (SSSR count). The Kier molecular flexibility index (Phi) is 20.8. The van der Waals surface area contributed by atoms with Crippen molar-refractivity contribution in [1.82, 2.24) is 5.32 Å². The molecule has 0 unspecified atom stereocenters. The zero-order chi connectivity index (χ0) is 24.7. The molecule has 0 aromatic carbocycles.